The van der Waals surface area contributed by atoms with Gasteiger partial charge >= 0.3 is 0 Å². The van der Waals surface area contributed by atoms with Gasteiger partial charge in [0.25, 0.3) is 0 Å². The van der Waals surface area contributed by atoms with Gasteiger partial charge in [0, 0.05) is 19.6 Å². The summed E-state index contributed by atoms with van der Waals surface area (Å²) in [5, 5.41) is 6.75. The molecule has 0 amide bonds. The van der Waals surface area contributed by atoms with E-state index in [4.69, 9.17) is 0 Å². The van der Waals surface area contributed by atoms with Crippen LogP contribution >= 0.6 is 24.0 Å². The van der Waals surface area contributed by atoms with E-state index >= 15 is 0 Å². The molecule has 0 aromatic heterocycles. The zero-order valence-corrected chi connectivity index (χ0v) is 16.3. The van der Waals surface area contributed by atoms with Crippen LogP contribution in [0.3, 0.4) is 0 Å². The molecule has 21 heavy (non-hydrogen) atoms. The fourth-order valence-corrected chi connectivity index (χ4v) is 2.31. The van der Waals surface area contributed by atoms with Gasteiger partial charge in [-0.25, -0.2) is 0 Å². The van der Waals surface area contributed by atoms with E-state index in [1.807, 2.05) is 0 Å². The van der Waals surface area contributed by atoms with Crippen LogP contribution in [0.15, 0.2) is 16.6 Å². The first kappa shape index (κ1) is 20.7. The number of nitrogens with one attached hydrogen (secondary N) is 2. The van der Waals surface area contributed by atoms with Crippen molar-refractivity contribution >= 4 is 29.9 Å². The van der Waals surface area contributed by atoms with Crippen molar-refractivity contribution in [3.8, 4) is 0 Å². The zero-order valence-electron chi connectivity index (χ0n) is 14.0. The molecule has 1 aliphatic carbocycles. The fourth-order valence-electron chi connectivity index (χ4n) is 2.31. The maximum atomic E-state index is 4.62. The van der Waals surface area contributed by atoms with Gasteiger partial charge in [0.15, 0.2) is 5.96 Å². The Morgan fingerprint density at radius 2 is 2.10 bits per heavy atom. The summed E-state index contributed by atoms with van der Waals surface area (Å²) in [7, 11) is 2.13. The van der Waals surface area contributed by atoms with Gasteiger partial charge in [-0.1, -0.05) is 18.6 Å². The van der Waals surface area contributed by atoms with E-state index in [1.165, 1.54) is 25.7 Å². The van der Waals surface area contributed by atoms with Crippen molar-refractivity contribution in [2.75, 3.05) is 39.8 Å². The molecular formula is C16H33IN4. The Labute approximate surface area is 147 Å². The van der Waals surface area contributed by atoms with Crippen LogP contribution < -0.4 is 10.6 Å². The normalized spacial score (nSPS) is 15.4. The molecule has 124 valence electrons. The van der Waals surface area contributed by atoms with Gasteiger partial charge in [-0.15, -0.1) is 24.0 Å². The third kappa shape index (κ3) is 10.1. The number of halogens is 1. The molecule has 0 bridgehead atoms. The van der Waals surface area contributed by atoms with E-state index in [-0.39, 0.29) is 24.0 Å². The highest BCUT2D eigenvalue weighted by Gasteiger charge is 2.04. The van der Waals surface area contributed by atoms with Crippen molar-refractivity contribution in [2.45, 2.75) is 46.0 Å². The summed E-state index contributed by atoms with van der Waals surface area (Å²) in [6.45, 7) is 9.12. The standard InChI is InChI=1S/C16H32N4.HI/c1-4-17-16(19-13-14-20(3)5-2)18-12-11-15-9-7-6-8-10-15;/h9H,4-8,10-14H2,1-3H3,(H2,17,18,19);1H. The minimum absolute atomic E-state index is 0. The van der Waals surface area contributed by atoms with Crippen LogP contribution in [-0.2, 0) is 0 Å². The van der Waals surface area contributed by atoms with Crippen LogP contribution in [0.2, 0.25) is 0 Å². The highest BCUT2D eigenvalue weighted by Crippen LogP contribution is 2.19. The average Bonchev–Trinajstić information content (AvgIpc) is 2.48. The van der Waals surface area contributed by atoms with Crippen molar-refractivity contribution in [3.05, 3.63) is 11.6 Å². The lowest BCUT2D eigenvalue weighted by Crippen LogP contribution is -2.38. The van der Waals surface area contributed by atoms with E-state index in [0.717, 1.165) is 45.1 Å². The first-order valence-electron chi connectivity index (χ1n) is 8.14. The van der Waals surface area contributed by atoms with Gasteiger partial charge < -0.3 is 15.5 Å². The molecule has 1 rings (SSSR count). The molecule has 0 spiro atoms. The molecular weight excluding hydrogens is 375 g/mol. The number of allylic oxidation sites excluding steroid dienone is 1. The Morgan fingerprint density at radius 1 is 1.29 bits per heavy atom. The van der Waals surface area contributed by atoms with Gasteiger partial charge in [0.2, 0.25) is 0 Å². The number of hydrogen-bond donors (Lipinski definition) is 2. The summed E-state index contributed by atoms with van der Waals surface area (Å²) >= 11 is 0. The maximum absolute atomic E-state index is 4.62. The van der Waals surface area contributed by atoms with Crippen molar-refractivity contribution < 1.29 is 0 Å². The SMILES string of the molecule is CCNC(=NCCN(C)CC)NCCC1=CCCCC1.I. The second kappa shape index (κ2) is 13.4. The molecule has 0 radical (unpaired) electrons. The summed E-state index contributed by atoms with van der Waals surface area (Å²) in [4.78, 5) is 6.90. The van der Waals surface area contributed by atoms with Crippen LogP contribution in [0, 0.1) is 0 Å². The van der Waals surface area contributed by atoms with Crippen molar-refractivity contribution in [2.24, 2.45) is 4.99 Å². The summed E-state index contributed by atoms with van der Waals surface area (Å²) in [5.74, 6) is 0.952. The van der Waals surface area contributed by atoms with Crippen molar-refractivity contribution in [1.82, 2.24) is 15.5 Å². The van der Waals surface area contributed by atoms with Crippen LogP contribution in [-0.4, -0.2) is 50.6 Å². The number of rotatable bonds is 8. The quantitative estimate of drug-likeness (QED) is 0.281. The monoisotopic (exact) mass is 408 g/mol. The molecule has 0 unspecified atom stereocenters. The predicted molar refractivity (Wildman–Crippen MR) is 104 cm³/mol. The molecule has 0 fully saturated rings. The first-order valence-corrected chi connectivity index (χ1v) is 8.14. The topological polar surface area (TPSA) is 39.7 Å². The molecule has 0 heterocycles. The molecule has 0 aromatic carbocycles. The van der Waals surface area contributed by atoms with E-state index in [9.17, 15) is 0 Å². The highest BCUT2D eigenvalue weighted by atomic mass is 127. The highest BCUT2D eigenvalue weighted by molar-refractivity contribution is 14.0. The van der Waals surface area contributed by atoms with Crippen molar-refractivity contribution in [1.29, 1.82) is 0 Å². The molecule has 1 aliphatic rings. The third-order valence-electron chi connectivity index (χ3n) is 3.76. The number of nitrogens with zero attached hydrogens (tertiary/aromatic N) is 2. The lowest BCUT2D eigenvalue weighted by molar-refractivity contribution is 0.363. The summed E-state index contributed by atoms with van der Waals surface area (Å²) in [6, 6.07) is 0. The second-order valence-electron chi connectivity index (χ2n) is 5.44. The lowest BCUT2D eigenvalue weighted by Gasteiger charge is -2.16. The summed E-state index contributed by atoms with van der Waals surface area (Å²) < 4.78 is 0. The van der Waals surface area contributed by atoms with Crippen LogP contribution in [0.25, 0.3) is 0 Å². The lowest BCUT2D eigenvalue weighted by atomic mass is 9.97. The van der Waals surface area contributed by atoms with Gasteiger partial charge in [0.1, 0.15) is 0 Å². The molecule has 0 saturated carbocycles. The number of aliphatic imine (C=N–C) groups is 1. The molecule has 0 aromatic rings. The van der Waals surface area contributed by atoms with E-state index < -0.39 is 0 Å². The summed E-state index contributed by atoms with van der Waals surface area (Å²) in [5.41, 5.74) is 1.62. The maximum Gasteiger partial charge on any atom is 0.191 e. The van der Waals surface area contributed by atoms with Gasteiger partial charge in [-0.05, 0) is 52.6 Å². The van der Waals surface area contributed by atoms with Crippen molar-refractivity contribution in [3.63, 3.8) is 0 Å². The molecule has 0 saturated heterocycles. The Hall–Kier alpha value is -0.300. The molecule has 2 N–H and O–H groups in total. The molecule has 0 atom stereocenters. The molecule has 4 nitrogen and oxygen atoms in total. The zero-order chi connectivity index (χ0) is 14.6. The average molecular weight is 408 g/mol. The van der Waals surface area contributed by atoms with E-state index in [0.29, 0.717) is 0 Å². The molecule has 0 aliphatic heterocycles. The Kier molecular flexibility index (Phi) is 13.2. The number of likely N-dealkylation sites (N-methyl/N-ethyl adjacent to an activating group) is 1. The first-order chi connectivity index (χ1) is 9.76. The third-order valence-corrected chi connectivity index (χ3v) is 3.76. The largest absolute Gasteiger partial charge is 0.357 e. The summed E-state index contributed by atoms with van der Waals surface area (Å²) in [6.07, 6.45) is 8.86. The minimum atomic E-state index is 0. The van der Waals surface area contributed by atoms with Gasteiger partial charge in [-0.2, -0.15) is 0 Å². The number of hydrogen-bond acceptors (Lipinski definition) is 2. The predicted octanol–water partition coefficient (Wildman–Crippen LogP) is 3.00. The number of guanidine groups is 1. The smallest absolute Gasteiger partial charge is 0.191 e. The van der Waals surface area contributed by atoms with Gasteiger partial charge in [0.05, 0.1) is 6.54 Å². The van der Waals surface area contributed by atoms with Crippen LogP contribution in [0.1, 0.15) is 46.0 Å². The van der Waals surface area contributed by atoms with Crippen LogP contribution in [0.5, 0.6) is 0 Å². The van der Waals surface area contributed by atoms with E-state index in [1.54, 1.807) is 5.57 Å². The Balaban J connectivity index is 0.00000400. The van der Waals surface area contributed by atoms with Gasteiger partial charge in [-0.3, -0.25) is 4.99 Å². The minimum Gasteiger partial charge on any atom is -0.357 e. The Morgan fingerprint density at radius 3 is 2.71 bits per heavy atom. The van der Waals surface area contributed by atoms with Crippen LogP contribution in [0.4, 0.5) is 0 Å². The Bertz CT molecular complexity index is 315. The fraction of sp³-hybridized carbons (Fsp3) is 0.812. The molecule has 5 heteroatoms. The van der Waals surface area contributed by atoms with E-state index in [2.05, 4.69) is 47.5 Å². The second-order valence-corrected chi connectivity index (χ2v) is 5.44.